The molecule has 1 atom stereocenters. The molecule has 17 heavy (non-hydrogen) atoms. The van der Waals surface area contributed by atoms with Gasteiger partial charge in [-0.25, -0.2) is 0 Å². The van der Waals surface area contributed by atoms with E-state index in [0.717, 1.165) is 19.3 Å². The van der Waals surface area contributed by atoms with Gasteiger partial charge in [-0.15, -0.1) is 0 Å². The SMILES string of the molecule is CC1(C)CCCCC1C(=O)NCC1(O)CNC1. The van der Waals surface area contributed by atoms with Crippen molar-refractivity contribution in [1.29, 1.82) is 0 Å². The summed E-state index contributed by atoms with van der Waals surface area (Å²) in [6.07, 6.45) is 4.48. The number of aliphatic hydroxyl groups is 1. The molecule has 1 saturated carbocycles. The lowest BCUT2D eigenvalue weighted by molar-refractivity contribution is -0.132. The zero-order valence-corrected chi connectivity index (χ0v) is 10.9. The minimum Gasteiger partial charge on any atom is -0.385 e. The minimum absolute atomic E-state index is 0.100. The van der Waals surface area contributed by atoms with Crippen LogP contribution in [-0.4, -0.2) is 36.2 Å². The molecule has 1 amide bonds. The average molecular weight is 240 g/mol. The van der Waals surface area contributed by atoms with Crippen molar-refractivity contribution in [2.75, 3.05) is 19.6 Å². The average Bonchev–Trinajstić information content (AvgIpc) is 2.22. The van der Waals surface area contributed by atoms with Gasteiger partial charge in [0, 0.05) is 25.6 Å². The van der Waals surface area contributed by atoms with Gasteiger partial charge in [0.05, 0.1) is 0 Å². The second kappa shape index (κ2) is 4.58. The van der Waals surface area contributed by atoms with Crippen LogP contribution in [0.15, 0.2) is 0 Å². The summed E-state index contributed by atoms with van der Waals surface area (Å²) in [5, 5.41) is 15.9. The van der Waals surface area contributed by atoms with Crippen LogP contribution < -0.4 is 10.6 Å². The number of amides is 1. The summed E-state index contributed by atoms with van der Waals surface area (Å²) in [7, 11) is 0. The lowest BCUT2D eigenvalue weighted by Gasteiger charge is -2.40. The number of β-amino-alcohol motifs (C(OH)–C–C–N with tert-alkyl or cyclic N) is 1. The van der Waals surface area contributed by atoms with Crippen LogP contribution in [0, 0.1) is 11.3 Å². The molecule has 98 valence electrons. The maximum Gasteiger partial charge on any atom is 0.223 e. The molecule has 2 fully saturated rings. The summed E-state index contributed by atoms with van der Waals surface area (Å²) >= 11 is 0. The van der Waals surface area contributed by atoms with Gasteiger partial charge in [-0.3, -0.25) is 4.79 Å². The first-order valence-electron chi connectivity index (χ1n) is 6.64. The molecule has 0 aromatic heterocycles. The molecule has 1 unspecified atom stereocenters. The maximum absolute atomic E-state index is 12.2. The molecule has 0 bridgehead atoms. The first-order valence-corrected chi connectivity index (χ1v) is 6.64. The standard InChI is InChI=1S/C13H24N2O2/c1-12(2)6-4-3-5-10(12)11(16)15-9-13(17)7-14-8-13/h10,14,17H,3-9H2,1-2H3,(H,15,16). The summed E-state index contributed by atoms with van der Waals surface area (Å²) in [6, 6.07) is 0. The van der Waals surface area contributed by atoms with Crippen LogP contribution in [0.5, 0.6) is 0 Å². The Hall–Kier alpha value is -0.610. The van der Waals surface area contributed by atoms with E-state index >= 15 is 0 Å². The monoisotopic (exact) mass is 240 g/mol. The van der Waals surface area contributed by atoms with Crippen molar-refractivity contribution >= 4 is 5.91 Å². The van der Waals surface area contributed by atoms with Gasteiger partial charge in [-0.1, -0.05) is 26.7 Å². The Balaban J connectivity index is 1.86. The molecule has 0 radical (unpaired) electrons. The van der Waals surface area contributed by atoms with Gasteiger partial charge >= 0.3 is 0 Å². The highest BCUT2D eigenvalue weighted by atomic mass is 16.3. The largest absolute Gasteiger partial charge is 0.385 e. The molecule has 1 aliphatic heterocycles. The van der Waals surface area contributed by atoms with Gasteiger partial charge in [0.1, 0.15) is 5.60 Å². The Morgan fingerprint density at radius 2 is 2.12 bits per heavy atom. The van der Waals surface area contributed by atoms with E-state index in [1.165, 1.54) is 6.42 Å². The molecular weight excluding hydrogens is 216 g/mol. The van der Waals surface area contributed by atoms with Crippen molar-refractivity contribution in [1.82, 2.24) is 10.6 Å². The highest BCUT2D eigenvalue weighted by Crippen LogP contribution is 2.40. The van der Waals surface area contributed by atoms with Crippen LogP contribution in [0.3, 0.4) is 0 Å². The van der Waals surface area contributed by atoms with E-state index in [9.17, 15) is 9.90 Å². The van der Waals surface area contributed by atoms with Gasteiger partial charge in [0.15, 0.2) is 0 Å². The van der Waals surface area contributed by atoms with E-state index in [-0.39, 0.29) is 17.2 Å². The van der Waals surface area contributed by atoms with Crippen LogP contribution >= 0.6 is 0 Å². The second-order valence-electron chi connectivity index (χ2n) is 6.33. The third kappa shape index (κ3) is 2.80. The lowest BCUT2D eigenvalue weighted by Crippen LogP contribution is -2.65. The van der Waals surface area contributed by atoms with Crippen LogP contribution in [0.1, 0.15) is 39.5 Å². The predicted molar refractivity (Wildman–Crippen MR) is 66.6 cm³/mol. The first-order chi connectivity index (χ1) is 7.93. The van der Waals surface area contributed by atoms with Gasteiger partial charge < -0.3 is 15.7 Å². The normalized spacial score (nSPS) is 30.4. The van der Waals surface area contributed by atoms with Gasteiger partial charge in [0.2, 0.25) is 5.91 Å². The number of hydrogen-bond donors (Lipinski definition) is 3. The summed E-state index contributed by atoms with van der Waals surface area (Å²) in [5.41, 5.74) is -0.614. The van der Waals surface area contributed by atoms with Crippen molar-refractivity contribution in [3.05, 3.63) is 0 Å². The fraction of sp³-hybridized carbons (Fsp3) is 0.923. The quantitative estimate of drug-likeness (QED) is 0.679. The Labute approximate surface area is 103 Å². The fourth-order valence-electron chi connectivity index (χ4n) is 2.89. The van der Waals surface area contributed by atoms with E-state index in [1.807, 2.05) is 0 Å². The zero-order chi connectivity index (χ0) is 12.5. The number of rotatable bonds is 3. The lowest BCUT2D eigenvalue weighted by atomic mass is 9.68. The van der Waals surface area contributed by atoms with Crippen LogP contribution in [-0.2, 0) is 4.79 Å². The van der Waals surface area contributed by atoms with Crippen molar-refractivity contribution < 1.29 is 9.90 Å². The minimum atomic E-state index is -0.714. The summed E-state index contributed by atoms with van der Waals surface area (Å²) in [6.45, 7) is 5.90. The summed E-state index contributed by atoms with van der Waals surface area (Å²) in [5.74, 6) is 0.225. The highest BCUT2D eigenvalue weighted by Gasteiger charge is 2.39. The van der Waals surface area contributed by atoms with Crippen molar-refractivity contribution in [3.63, 3.8) is 0 Å². The Bertz CT molecular complexity index is 298. The number of nitrogens with one attached hydrogen (secondary N) is 2. The molecule has 2 aliphatic rings. The van der Waals surface area contributed by atoms with E-state index in [2.05, 4.69) is 24.5 Å². The predicted octanol–water partition coefficient (Wildman–Crippen LogP) is 0.653. The molecule has 1 saturated heterocycles. The number of hydrogen-bond acceptors (Lipinski definition) is 3. The molecule has 3 N–H and O–H groups in total. The van der Waals surface area contributed by atoms with Crippen molar-refractivity contribution in [2.24, 2.45) is 11.3 Å². The third-order valence-corrected chi connectivity index (χ3v) is 4.32. The first kappa shape index (κ1) is 12.8. The number of carbonyl (C=O) groups is 1. The Kier molecular flexibility index (Phi) is 3.46. The van der Waals surface area contributed by atoms with Crippen molar-refractivity contribution in [2.45, 2.75) is 45.1 Å². The van der Waals surface area contributed by atoms with Crippen LogP contribution in [0.25, 0.3) is 0 Å². The molecule has 0 aromatic rings. The summed E-state index contributed by atoms with van der Waals surface area (Å²) < 4.78 is 0. The topological polar surface area (TPSA) is 61.4 Å². The molecule has 4 heteroatoms. The third-order valence-electron chi connectivity index (χ3n) is 4.32. The van der Waals surface area contributed by atoms with E-state index in [0.29, 0.717) is 19.6 Å². The fourth-order valence-corrected chi connectivity index (χ4v) is 2.89. The van der Waals surface area contributed by atoms with Gasteiger partial charge in [-0.05, 0) is 18.3 Å². The Morgan fingerprint density at radius 3 is 2.65 bits per heavy atom. The van der Waals surface area contributed by atoms with Crippen molar-refractivity contribution in [3.8, 4) is 0 Å². The van der Waals surface area contributed by atoms with Gasteiger partial charge in [0.25, 0.3) is 0 Å². The smallest absolute Gasteiger partial charge is 0.223 e. The molecule has 0 spiro atoms. The second-order valence-corrected chi connectivity index (χ2v) is 6.33. The summed E-state index contributed by atoms with van der Waals surface area (Å²) in [4.78, 5) is 12.2. The van der Waals surface area contributed by atoms with E-state index < -0.39 is 5.60 Å². The van der Waals surface area contributed by atoms with E-state index in [1.54, 1.807) is 0 Å². The molecular formula is C13H24N2O2. The van der Waals surface area contributed by atoms with E-state index in [4.69, 9.17) is 0 Å². The number of carbonyl (C=O) groups excluding carboxylic acids is 1. The van der Waals surface area contributed by atoms with Crippen LogP contribution in [0.4, 0.5) is 0 Å². The molecule has 2 rings (SSSR count). The molecule has 0 aromatic carbocycles. The highest BCUT2D eigenvalue weighted by molar-refractivity contribution is 5.79. The molecule has 4 nitrogen and oxygen atoms in total. The Morgan fingerprint density at radius 1 is 1.41 bits per heavy atom. The van der Waals surface area contributed by atoms with Gasteiger partial charge in [-0.2, -0.15) is 0 Å². The zero-order valence-electron chi connectivity index (χ0n) is 10.9. The van der Waals surface area contributed by atoms with Crippen LogP contribution in [0.2, 0.25) is 0 Å². The molecule has 1 heterocycles. The molecule has 1 aliphatic carbocycles. The maximum atomic E-state index is 12.2.